The van der Waals surface area contributed by atoms with Gasteiger partial charge < -0.3 is 10.1 Å². The number of nitrogens with zero attached hydrogens (tertiary/aromatic N) is 2. The Morgan fingerprint density at radius 1 is 1.32 bits per heavy atom. The quantitative estimate of drug-likeness (QED) is 0.709. The summed E-state index contributed by atoms with van der Waals surface area (Å²) in [7, 11) is 1.79. The van der Waals surface area contributed by atoms with Crippen molar-refractivity contribution in [2.24, 2.45) is 7.05 Å². The summed E-state index contributed by atoms with van der Waals surface area (Å²) in [4.78, 5) is 13.0. The number of amides is 1. The van der Waals surface area contributed by atoms with Crippen LogP contribution >= 0.6 is 22.9 Å². The van der Waals surface area contributed by atoms with Crippen molar-refractivity contribution in [2.75, 3.05) is 5.32 Å². The number of aromatic nitrogens is 2. The third-order valence-electron chi connectivity index (χ3n) is 3.60. The number of rotatable bonds is 5. The summed E-state index contributed by atoms with van der Waals surface area (Å²) in [5, 5.41) is 9.56. The van der Waals surface area contributed by atoms with Crippen molar-refractivity contribution >= 4 is 34.7 Å². The van der Waals surface area contributed by atoms with E-state index in [2.05, 4.69) is 10.4 Å². The lowest BCUT2D eigenvalue weighted by Gasteiger charge is -2.07. The van der Waals surface area contributed by atoms with Crippen molar-refractivity contribution in [1.29, 1.82) is 0 Å². The number of halogens is 1. The molecule has 1 amide bonds. The third kappa shape index (κ3) is 4.21. The molecule has 2 aromatic heterocycles. The van der Waals surface area contributed by atoms with E-state index in [-0.39, 0.29) is 5.91 Å². The zero-order chi connectivity index (χ0) is 18.0. The van der Waals surface area contributed by atoms with Crippen molar-refractivity contribution in [3.63, 3.8) is 0 Å². The molecule has 25 heavy (non-hydrogen) atoms. The third-order valence-corrected chi connectivity index (χ3v) is 4.89. The van der Waals surface area contributed by atoms with E-state index in [0.29, 0.717) is 28.1 Å². The van der Waals surface area contributed by atoms with Crippen LogP contribution in [0.15, 0.2) is 35.7 Å². The summed E-state index contributed by atoms with van der Waals surface area (Å²) in [6, 6.07) is 9.30. The number of thiophene rings is 1. The average molecular weight is 376 g/mol. The number of anilines is 1. The number of benzene rings is 1. The molecule has 0 radical (unpaired) electrons. The van der Waals surface area contributed by atoms with Gasteiger partial charge in [-0.25, -0.2) is 0 Å². The summed E-state index contributed by atoms with van der Waals surface area (Å²) in [6.45, 7) is 4.22. The van der Waals surface area contributed by atoms with Crippen molar-refractivity contribution in [1.82, 2.24) is 9.78 Å². The van der Waals surface area contributed by atoms with Crippen molar-refractivity contribution in [3.8, 4) is 5.75 Å². The van der Waals surface area contributed by atoms with Gasteiger partial charge in [0.2, 0.25) is 0 Å². The molecule has 1 N–H and O–H groups in total. The molecule has 0 spiro atoms. The van der Waals surface area contributed by atoms with Crippen LogP contribution in [-0.4, -0.2) is 15.7 Å². The van der Waals surface area contributed by atoms with Gasteiger partial charge >= 0.3 is 0 Å². The second kappa shape index (κ2) is 7.29. The van der Waals surface area contributed by atoms with Crippen molar-refractivity contribution in [3.05, 3.63) is 62.4 Å². The van der Waals surface area contributed by atoms with Crippen LogP contribution in [0.2, 0.25) is 5.02 Å². The average Bonchev–Trinajstić information content (AvgIpc) is 3.15. The van der Waals surface area contributed by atoms with Gasteiger partial charge in [-0.2, -0.15) is 5.10 Å². The molecule has 0 aliphatic carbocycles. The second-order valence-corrected chi connectivity index (χ2v) is 7.11. The fourth-order valence-corrected chi connectivity index (χ4v) is 3.32. The van der Waals surface area contributed by atoms with E-state index in [1.54, 1.807) is 11.7 Å². The number of carbonyl (C=O) groups excluding carboxylic acids is 1. The number of carbonyl (C=O) groups is 1. The summed E-state index contributed by atoms with van der Waals surface area (Å²) < 4.78 is 7.41. The summed E-state index contributed by atoms with van der Waals surface area (Å²) in [5.74, 6) is 1.15. The molecule has 5 nitrogen and oxygen atoms in total. The molecular weight excluding hydrogens is 358 g/mol. The van der Waals surface area contributed by atoms with Gasteiger partial charge in [0.25, 0.3) is 5.91 Å². The Balaban J connectivity index is 1.64. The van der Waals surface area contributed by atoms with Gasteiger partial charge in [-0.05, 0) is 43.0 Å². The van der Waals surface area contributed by atoms with Gasteiger partial charge in [-0.1, -0.05) is 17.7 Å². The van der Waals surface area contributed by atoms with E-state index in [1.807, 2.05) is 49.6 Å². The van der Waals surface area contributed by atoms with Gasteiger partial charge in [-0.3, -0.25) is 9.48 Å². The Kier molecular flexibility index (Phi) is 5.11. The fraction of sp³-hybridized carbons (Fsp3) is 0.222. The maximum absolute atomic E-state index is 12.4. The highest BCUT2D eigenvalue weighted by Crippen LogP contribution is 2.27. The highest BCUT2D eigenvalue weighted by Gasteiger charge is 2.12. The summed E-state index contributed by atoms with van der Waals surface area (Å²) >= 11 is 7.51. The maximum Gasteiger partial charge on any atom is 0.266 e. The van der Waals surface area contributed by atoms with Crippen LogP contribution in [0.4, 0.5) is 5.82 Å². The fourth-order valence-electron chi connectivity index (χ4n) is 2.36. The normalized spacial score (nSPS) is 10.7. The molecule has 0 atom stereocenters. The van der Waals surface area contributed by atoms with E-state index in [1.165, 1.54) is 11.3 Å². The van der Waals surface area contributed by atoms with Gasteiger partial charge in [0.15, 0.2) is 0 Å². The van der Waals surface area contributed by atoms with Crippen molar-refractivity contribution < 1.29 is 9.53 Å². The first kappa shape index (κ1) is 17.5. The van der Waals surface area contributed by atoms with Crippen LogP contribution in [0.5, 0.6) is 5.75 Å². The Morgan fingerprint density at radius 2 is 2.12 bits per heavy atom. The number of nitrogens with one attached hydrogen (secondary N) is 1. The predicted octanol–water partition coefficient (Wildman–Crippen LogP) is 4.58. The molecule has 0 unspecified atom stereocenters. The molecule has 3 rings (SSSR count). The molecular formula is C18H18ClN3O2S. The Labute approximate surface area is 155 Å². The molecule has 3 aromatic rings. The lowest BCUT2D eigenvalue weighted by Crippen LogP contribution is -2.13. The molecule has 0 fully saturated rings. The lowest BCUT2D eigenvalue weighted by atomic mass is 10.2. The van der Waals surface area contributed by atoms with Gasteiger partial charge in [-0.15, -0.1) is 11.3 Å². The summed E-state index contributed by atoms with van der Waals surface area (Å²) in [5.41, 5.74) is 2.86. The monoisotopic (exact) mass is 375 g/mol. The van der Waals surface area contributed by atoms with E-state index in [9.17, 15) is 4.79 Å². The van der Waals surface area contributed by atoms with E-state index in [0.717, 1.165) is 16.8 Å². The number of aryl methyl sites for hydroxylation is 3. The minimum atomic E-state index is -0.159. The molecule has 1 aromatic carbocycles. The molecule has 130 valence electrons. The van der Waals surface area contributed by atoms with Crippen molar-refractivity contribution in [2.45, 2.75) is 20.5 Å². The number of ether oxygens (including phenoxy) is 1. The Bertz CT molecular complexity index is 917. The Hall–Kier alpha value is -2.31. The first-order valence-corrected chi connectivity index (χ1v) is 8.96. The predicted molar refractivity (Wildman–Crippen MR) is 101 cm³/mol. The van der Waals surface area contributed by atoms with Crippen LogP contribution in [-0.2, 0) is 13.7 Å². The van der Waals surface area contributed by atoms with Gasteiger partial charge in [0.05, 0.1) is 15.6 Å². The van der Waals surface area contributed by atoms with Crippen LogP contribution < -0.4 is 10.1 Å². The Morgan fingerprint density at radius 3 is 2.84 bits per heavy atom. The first-order chi connectivity index (χ1) is 11.9. The highest BCUT2D eigenvalue weighted by atomic mass is 35.5. The summed E-state index contributed by atoms with van der Waals surface area (Å²) in [6.07, 6.45) is 0. The van der Waals surface area contributed by atoms with Crippen LogP contribution in [0.3, 0.4) is 0 Å². The smallest absolute Gasteiger partial charge is 0.266 e. The maximum atomic E-state index is 12.4. The highest BCUT2D eigenvalue weighted by molar-refractivity contribution is 7.12. The first-order valence-electron chi connectivity index (χ1n) is 7.71. The molecule has 7 heteroatoms. The molecule has 0 bridgehead atoms. The zero-order valence-corrected chi connectivity index (χ0v) is 15.7. The van der Waals surface area contributed by atoms with Crippen LogP contribution in [0.1, 0.15) is 26.5 Å². The largest absolute Gasteiger partial charge is 0.487 e. The van der Waals surface area contributed by atoms with E-state index in [4.69, 9.17) is 16.3 Å². The topological polar surface area (TPSA) is 56.1 Å². The van der Waals surface area contributed by atoms with Gasteiger partial charge in [0.1, 0.15) is 18.2 Å². The van der Waals surface area contributed by atoms with Crippen LogP contribution in [0, 0.1) is 13.8 Å². The van der Waals surface area contributed by atoms with E-state index < -0.39 is 0 Å². The van der Waals surface area contributed by atoms with Crippen LogP contribution in [0.25, 0.3) is 0 Å². The zero-order valence-electron chi connectivity index (χ0n) is 14.2. The molecule has 0 aliphatic heterocycles. The second-order valence-electron chi connectivity index (χ2n) is 5.79. The minimum Gasteiger partial charge on any atom is -0.487 e. The van der Waals surface area contributed by atoms with E-state index >= 15 is 0 Å². The number of hydrogen-bond donors (Lipinski definition) is 1. The SMILES string of the molecule is Cc1ccc(Cl)c(OCc2csc(C(=O)Nc3cc(C)nn3C)c2)c1. The number of hydrogen-bond acceptors (Lipinski definition) is 4. The molecule has 0 saturated heterocycles. The molecule has 0 saturated carbocycles. The van der Waals surface area contributed by atoms with Gasteiger partial charge in [0, 0.05) is 18.7 Å². The lowest BCUT2D eigenvalue weighted by molar-refractivity contribution is 0.102. The molecule has 0 aliphatic rings. The molecule has 2 heterocycles. The minimum absolute atomic E-state index is 0.159. The standard InChI is InChI=1S/C18H18ClN3O2S/c1-11-4-5-14(19)15(6-11)24-9-13-8-16(25-10-13)18(23)20-17-7-12(2)21-22(17)3/h4-8,10H,9H2,1-3H3,(H,20,23).